The van der Waals surface area contributed by atoms with Crippen molar-refractivity contribution in [1.29, 1.82) is 0 Å². The lowest BCUT2D eigenvalue weighted by atomic mass is 10.2. The second kappa shape index (κ2) is 8.88. The second-order valence-corrected chi connectivity index (χ2v) is 8.64. The van der Waals surface area contributed by atoms with Crippen LogP contribution in [0.15, 0.2) is 41.8 Å². The molecule has 0 spiro atoms. The number of rotatable bonds is 6. The number of aromatic nitrogens is 3. The number of aryl methyl sites for hydroxylation is 1. The number of piperazine rings is 1. The van der Waals surface area contributed by atoms with Gasteiger partial charge in [-0.05, 0) is 19.1 Å². The topological polar surface area (TPSA) is 57.2 Å². The van der Waals surface area contributed by atoms with Gasteiger partial charge in [-0.15, -0.1) is 11.3 Å². The number of hydrogen-bond acceptors (Lipinski definition) is 7. The average molecular weight is 409 g/mol. The van der Waals surface area contributed by atoms with E-state index in [0.29, 0.717) is 5.92 Å². The van der Waals surface area contributed by atoms with Crippen LogP contribution in [0, 0.1) is 6.92 Å². The molecule has 0 saturated carbocycles. The molecule has 1 aliphatic heterocycles. The quantitative estimate of drug-likeness (QED) is 0.651. The van der Waals surface area contributed by atoms with E-state index in [1.54, 1.807) is 11.3 Å². The first-order valence-corrected chi connectivity index (χ1v) is 11.0. The Bertz CT molecular complexity index is 931. The zero-order valence-corrected chi connectivity index (χ0v) is 18.1. The van der Waals surface area contributed by atoms with Crippen LogP contribution in [-0.4, -0.2) is 46.0 Å². The van der Waals surface area contributed by atoms with Crippen LogP contribution in [0.1, 0.15) is 37.0 Å². The molecule has 1 aliphatic rings. The molecule has 1 N–H and O–H groups in total. The molecule has 0 unspecified atom stereocenters. The van der Waals surface area contributed by atoms with Crippen molar-refractivity contribution in [2.24, 2.45) is 0 Å². The van der Waals surface area contributed by atoms with Gasteiger partial charge in [-0.3, -0.25) is 4.90 Å². The summed E-state index contributed by atoms with van der Waals surface area (Å²) in [4.78, 5) is 19.0. The number of thiazole rings is 1. The standard InChI is InChI=1S/C22H28N6S/c1-16(2)21-23-17(3)13-20(26-21)28-11-9-27(10-12-28)14-19-15-29-22(25-19)24-18-7-5-4-6-8-18/h4-8,13,15-16H,9-12,14H2,1-3H3,(H,24,25). The molecule has 3 heterocycles. The van der Waals surface area contributed by atoms with Crippen LogP contribution < -0.4 is 10.2 Å². The molecular weight excluding hydrogens is 380 g/mol. The predicted molar refractivity (Wildman–Crippen MR) is 120 cm³/mol. The van der Waals surface area contributed by atoms with E-state index >= 15 is 0 Å². The van der Waals surface area contributed by atoms with Gasteiger partial charge in [-0.1, -0.05) is 32.0 Å². The highest BCUT2D eigenvalue weighted by Gasteiger charge is 2.20. The average Bonchev–Trinajstić information content (AvgIpc) is 3.15. The summed E-state index contributed by atoms with van der Waals surface area (Å²) < 4.78 is 0. The Balaban J connectivity index is 1.33. The van der Waals surface area contributed by atoms with Crippen molar-refractivity contribution in [3.8, 4) is 0 Å². The maximum Gasteiger partial charge on any atom is 0.187 e. The number of nitrogens with zero attached hydrogens (tertiary/aromatic N) is 5. The molecule has 2 aromatic heterocycles. The van der Waals surface area contributed by atoms with Crippen molar-refractivity contribution in [1.82, 2.24) is 19.9 Å². The molecular formula is C22H28N6S. The first kappa shape index (κ1) is 19.8. The van der Waals surface area contributed by atoms with E-state index in [9.17, 15) is 0 Å². The fraction of sp³-hybridized carbons (Fsp3) is 0.409. The molecule has 29 heavy (non-hydrogen) atoms. The van der Waals surface area contributed by atoms with Crippen LogP contribution in [0.3, 0.4) is 0 Å². The van der Waals surface area contributed by atoms with Crippen molar-refractivity contribution in [3.05, 3.63) is 59.0 Å². The minimum atomic E-state index is 0.346. The highest BCUT2D eigenvalue weighted by molar-refractivity contribution is 7.13. The fourth-order valence-corrected chi connectivity index (χ4v) is 4.16. The second-order valence-electron chi connectivity index (χ2n) is 7.78. The molecule has 1 aromatic carbocycles. The van der Waals surface area contributed by atoms with E-state index in [0.717, 1.165) is 66.6 Å². The molecule has 3 aromatic rings. The Morgan fingerprint density at radius 2 is 1.79 bits per heavy atom. The third kappa shape index (κ3) is 5.10. The number of anilines is 3. The SMILES string of the molecule is Cc1cc(N2CCN(Cc3csc(Nc4ccccc4)n3)CC2)nc(C(C)C)n1. The summed E-state index contributed by atoms with van der Waals surface area (Å²) in [7, 11) is 0. The van der Waals surface area contributed by atoms with Gasteiger partial charge in [0, 0.05) is 61.5 Å². The first-order chi connectivity index (χ1) is 14.1. The molecule has 0 radical (unpaired) electrons. The third-order valence-electron chi connectivity index (χ3n) is 5.03. The summed E-state index contributed by atoms with van der Waals surface area (Å²) in [5.41, 5.74) is 3.24. The van der Waals surface area contributed by atoms with Crippen molar-refractivity contribution in [3.63, 3.8) is 0 Å². The minimum Gasteiger partial charge on any atom is -0.354 e. The molecule has 6 nitrogen and oxygen atoms in total. The van der Waals surface area contributed by atoms with Crippen LogP contribution in [0.5, 0.6) is 0 Å². The number of para-hydroxylation sites is 1. The van der Waals surface area contributed by atoms with Gasteiger partial charge in [0.2, 0.25) is 0 Å². The van der Waals surface area contributed by atoms with Crippen molar-refractivity contribution < 1.29 is 0 Å². The van der Waals surface area contributed by atoms with Crippen LogP contribution in [0.2, 0.25) is 0 Å². The first-order valence-electron chi connectivity index (χ1n) is 10.2. The van der Waals surface area contributed by atoms with E-state index in [1.807, 2.05) is 18.2 Å². The molecule has 4 rings (SSSR count). The van der Waals surface area contributed by atoms with Crippen LogP contribution >= 0.6 is 11.3 Å². The Hall–Kier alpha value is -2.51. The highest BCUT2D eigenvalue weighted by Crippen LogP contribution is 2.23. The smallest absolute Gasteiger partial charge is 0.187 e. The molecule has 7 heteroatoms. The van der Waals surface area contributed by atoms with Gasteiger partial charge in [0.15, 0.2) is 5.13 Å². The Labute approximate surface area is 176 Å². The number of nitrogens with one attached hydrogen (secondary N) is 1. The van der Waals surface area contributed by atoms with E-state index in [-0.39, 0.29) is 0 Å². The molecule has 0 aliphatic carbocycles. The Kier molecular flexibility index (Phi) is 6.06. The van der Waals surface area contributed by atoms with Crippen LogP contribution in [0.4, 0.5) is 16.6 Å². The molecule has 0 atom stereocenters. The van der Waals surface area contributed by atoms with E-state index < -0.39 is 0 Å². The van der Waals surface area contributed by atoms with E-state index in [2.05, 4.69) is 64.5 Å². The van der Waals surface area contributed by atoms with Gasteiger partial charge in [-0.2, -0.15) is 0 Å². The third-order valence-corrected chi connectivity index (χ3v) is 5.84. The maximum absolute atomic E-state index is 4.79. The summed E-state index contributed by atoms with van der Waals surface area (Å²) in [6.07, 6.45) is 0. The van der Waals surface area contributed by atoms with Gasteiger partial charge in [-0.25, -0.2) is 15.0 Å². The van der Waals surface area contributed by atoms with E-state index in [4.69, 9.17) is 9.97 Å². The van der Waals surface area contributed by atoms with Crippen LogP contribution in [-0.2, 0) is 6.54 Å². The lowest BCUT2D eigenvalue weighted by Gasteiger charge is -2.35. The minimum absolute atomic E-state index is 0.346. The molecule has 1 saturated heterocycles. The molecule has 1 fully saturated rings. The lowest BCUT2D eigenvalue weighted by molar-refractivity contribution is 0.247. The van der Waals surface area contributed by atoms with Crippen molar-refractivity contribution >= 4 is 28.0 Å². The van der Waals surface area contributed by atoms with Gasteiger partial charge in [0.1, 0.15) is 11.6 Å². The monoisotopic (exact) mass is 408 g/mol. The zero-order valence-electron chi connectivity index (χ0n) is 17.3. The maximum atomic E-state index is 4.79. The highest BCUT2D eigenvalue weighted by atomic mass is 32.1. The predicted octanol–water partition coefficient (Wildman–Crippen LogP) is 4.43. The molecule has 0 amide bonds. The number of benzene rings is 1. The summed E-state index contributed by atoms with van der Waals surface area (Å²) >= 11 is 1.66. The Morgan fingerprint density at radius 1 is 1.03 bits per heavy atom. The van der Waals surface area contributed by atoms with Crippen LogP contribution in [0.25, 0.3) is 0 Å². The summed E-state index contributed by atoms with van der Waals surface area (Å²) in [6, 6.07) is 12.3. The van der Waals surface area contributed by atoms with Gasteiger partial charge >= 0.3 is 0 Å². The summed E-state index contributed by atoms with van der Waals surface area (Å²) in [5.74, 6) is 2.34. The van der Waals surface area contributed by atoms with Gasteiger partial charge < -0.3 is 10.2 Å². The largest absolute Gasteiger partial charge is 0.354 e. The lowest BCUT2D eigenvalue weighted by Crippen LogP contribution is -2.46. The van der Waals surface area contributed by atoms with E-state index in [1.165, 1.54) is 0 Å². The Morgan fingerprint density at radius 3 is 2.52 bits per heavy atom. The molecule has 152 valence electrons. The van der Waals surface area contributed by atoms with Crippen molar-refractivity contribution in [2.45, 2.75) is 33.2 Å². The summed E-state index contributed by atoms with van der Waals surface area (Å²) in [6.45, 7) is 11.2. The fourth-order valence-electron chi connectivity index (χ4n) is 3.44. The zero-order chi connectivity index (χ0) is 20.2. The normalized spacial score (nSPS) is 15.1. The number of hydrogen-bond donors (Lipinski definition) is 1. The van der Waals surface area contributed by atoms with Gasteiger partial charge in [0.05, 0.1) is 5.69 Å². The van der Waals surface area contributed by atoms with Gasteiger partial charge in [0.25, 0.3) is 0 Å². The van der Waals surface area contributed by atoms with Crippen molar-refractivity contribution in [2.75, 3.05) is 36.4 Å². The molecule has 0 bridgehead atoms. The summed E-state index contributed by atoms with van der Waals surface area (Å²) in [5, 5.41) is 6.48.